The number of rotatable bonds is 20. The minimum atomic E-state index is -1.10. The van der Waals surface area contributed by atoms with Crippen molar-refractivity contribution in [2.24, 2.45) is 17.6 Å². The number of esters is 3. The molecule has 2 aliphatic carbocycles. The van der Waals surface area contributed by atoms with Gasteiger partial charge in [-0.2, -0.15) is 0 Å². The lowest BCUT2D eigenvalue weighted by molar-refractivity contribution is -0.159. The number of unbranched alkanes of at least 4 members (excludes halogenated alkanes) is 1. The van der Waals surface area contributed by atoms with Gasteiger partial charge in [0.25, 0.3) is 0 Å². The van der Waals surface area contributed by atoms with Crippen LogP contribution >= 0.6 is 0 Å². The topological polar surface area (TPSA) is 204 Å². The lowest BCUT2D eigenvalue weighted by Gasteiger charge is -2.28. The quantitative estimate of drug-likeness (QED) is 0.0495. The highest BCUT2D eigenvalue weighted by Crippen LogP contribution is 2.29. The van der Waals surface area contributed by atoms with Gasteiger partial charge in [-0.25, -0.2) is 14.4 Å². The van der Waals surface area contributed by atoms with Gasteiger partial charge in [0.2, 0.25) is 11.8 Å². The summed E-state index contributed by atoms with van der Waals surface area (Å²) in [4.78, 5) is 80.6. The largest absolute Gasteiger partial charge is 0.461 e. The van der Waals surface area contributed by atoms with E-state index in [9.17, 15) is 28.8 Å². The van der Waals surface area contributed by atoms with E-state index in [1.807, 2.05) is 36.4 Å². The van der Waals surface area contributed by atoms with E-state index in [1.54, 1.807) is 41.5 Å². The number of fused-ring (bicyclic) bond motifs is 1. The molecule has 2 aromatic carbocycles. The summed E-state index contributed by atoms with van der Waals surface area (Å²) in [5.74, 6) is -1.80. The van der Waals surface area contributed by atoms with E-state index in [4.69, 9.17) is 19.9 Å². The van der Waals surface area contributed by atoms with Crippen molar-refractivity contribution < 1.29 is 43.0 Å². The van der Waals surface area contributed by atoms with E-state index in [2.05, 4.69) is 27.3 Å². The third kappa shape index (κ3) is 20.1. The standard InChI is InChI=1S/C51H79N5O9/c1-50(2,3)64-44(57)24-17-23-42(48(61)65-51(4,5)6)56-49(62)55-41(47(60)63-40-20-11-9-7-8-10-12-21-40)22-15-16-31-53-46(59)43(54-45(58)38-29-25-35(34-52)26-30-38)33-36-27-28-37-18-13-14-19-39(37)32-36/h13-14,18-19,27-28,32,35,38,40-43H,7-12,15-17,20-26,29-31,33-34,52H2,1-6H3,(H,53,59)(H,54,58)(H2,55,56,62)/t35?,38?,41-,42-,43?/m0/s1. The van der Waals surface area contributed by atoms with Crippen LogP contribution < -0.4 is 27.0 Å². The molecule has 0 spiro atoms. The highest BCUT2D eigenvalue weighted by Gasteiger charge is 2.32. The van der Waals surface area contributed by atoms with Crippen LogP contribution in [0.3, 0.4) is 0 Å². The van der Waals surface area contributed by atoms with Crippen LogP contribution in [-0.2, 0) is 44.6 Å². The van der Waals surface area contributed by atoms with Gasteiger partial charge in [0, 0.05) is 25.3 Å². The molecule has 4 amide bonds. The van der Waals surface area contributed by atoms with Crippen molar-refractivity contribution in [1.82, 2.24) is 21.3 Å². The maximum absolute atomic E-state index is 13.9. The predicted octanol–water partition coefficient (Wildman–Crippen LogP) is 7.86. The van der Waals surface area contributed by atoms with Crippen molar-refractivity contribution in [3.63, 3.8) is 0 Å². The zero-order chi connectivity index (χ0) is 47.4. The van der Waals surface area contributed by atoms with Gasteiger partial charge < -0.3 is 41.2 Å². The summed E-state index contributed by atoms with van der Waals surface area (Å²) >= 11 is 0. The number of urea groups is 1. The molecule has 6 N–H and O–H groups in total. The maximum Gasteiger partial charge on any atom is 0.329 e. The number of hydrogen-bond acceptors (Lipinski definition) is 10. The van der Waals surface area contributed by atoms with E-state index in [-0.39, 0.29) is 56.1 Å². The molecule has 14 heteroatoms. The first-order valence-corrected chi connectivity index (χ1v) is 24.4. The Bertz CT molecular complexity index is 1840. The Morgan fingerprint density at radius 2 is 1.26 bits per heavy atom. The van der Waals surface area contributed by atoms with E-state index >= 15 is 0 Å². The summed E-state index contributed by atoms with van der Waals surface area (Å²) in [6.07, 6.45) is 12.7. The number of carbonyl (C=O) groups is 6. The molecule has 4 rings (SSSR count). The molecule has 2 fully saturated rings. The van der Waals surface area contributed by atoms with Crippen molar-refractivity contribution in [1.29, 1.82) is 0 Å². The third-order valence-electron chi connectivity index (χ3n) is 12.1. The maximum atomic E-state index is 13.9. The van der Waals surface area contributed by atoms with Crippen LogP contribution in [0, 0.1) is 11.8 Å². The molecule has 1 unspecified atom stereocenters. The van der Waals surface area contributed by atoms with Crippen molar-refractivity contribution in [3.8, 4) is 0 Å². The Balaban J connectivity index is 1.41. The Morgan fingerprint density at radius 1 is 0.662 bits per heavy atom. The summed E-state index contributed by atoms with van der Waals surface area (Å²) in [7, 11) is 0. The first-order valence-electron chi connectivity index (χ1n) is 24.4. The number of ether oxygens (including phenoxy) is 3. The zero-order valence-corrected chi connectivity index (χ0v) is 40.1. The van der Waals surface area contributed by atoms with Crippen molar-refractivity contribution in [3.05, 3.63) is 48.0 Å². The fraction of sp³-hybridized carbons (Fsp3) is 0.686. The van der Waals surface area contributed by atoms with Crippen LogP contribution in [0.4, 0.5) is 4.79 Å². The van der Waals surface area contributed by atoms with Crippen LogP contribution in [0.15, 0.2) is 42.5 Å². The molecular formula is C51H79N5O9. The highest BCUT2D eigenvalue weighted by molar-refractivity contribution is 5.90. The highest BCUT2D eigenvalue weighted by atomic mass is 16.6. The Kier molecular flexibility index (Phi) is 21.5. The van der Waals surface area contributed by atoms with Gasteiger partial charge in [-0.05, 0) is 154 Å². The van der Waals surface area contributed by atoms with Crippen molar-refractivity contribution >= 4 is 46.5 Å². The molecular weight excluding hydrogens is 827 g/mol. The minimum absolute atomic E-state index is 0.0411. The summed E-state index contributed by atoms with van der Waals surface area (Å²) in [5, 5.41) is 13.7. The second kappa shape index (κ2) is 26.4. The smallest absolute Gasteiger partial charge is 0.329 e. The number of hydrogen-bond donors (Lipinski definition) is 5. The summed E-state index contributed by atoms with van der Waals surface area (Å²) in [6.45, 7) is 11.4. The van der Waals surface area contributed by atoms with E-state index in [0.29, 0.717) is 31.7 Å². The van der Waals surface area contributed by atoms with Crippen LogP contribution in [0.1, 0.15) is 163 Å². The van der Waals surface area contributed by atoms with Crippen molar-refractivity contribution in [2.75, 3.05) is 13.1 Å². The molecule has 3 atom stereocenters. The molecule has 362 valence electrons. The molecule has 2 aromatic rings. The molecule has 0 heterocycles. The average molecular weight is 906 g/mol. The second-order valence-corrected chi connectivity index (χ2v) is 20.2. The Morgan fingerprint density at radius 3 is 1.89 bits per heavy atom. The first kappa shape index (κ1) is 52.9. The average Bonchev–Trinajstić information content (AvgIpc) is 3.37. The number of carbonyl (C=O) groups excluding carboxylic acids is 6. The molecule has 0 bridgehead atoms. The third-order valence-corrected chi connectivity index (χ3v) is 12.1. The minimum Gasteiger partial charge on any atom is -0.461 e. The van der Waals surface area contributed by atoms with Gasteiger partial charge >= 0.3 is 23.9 Å². The molecule has 0 aromatic heterocycles. The summed E-state index contributed by atoms with van der Waals surface area (Å²) < 4.78 is 17.1. The summed E-state index contributed by atoms with van der Waals surface area (Å²) in [5.41, 5.74) is 5.34. The SMILES string of the molecule is CC(C)(C)OC(=O)CCC[C@H](NC(=O)N[C@@H](CCCCNC(=O)C(Cc1ccc2ccccc2c1)NC(=O)C1CCC(CN)CC1)C(=O)OC1CCCCCCCC1)C(=O)OC(C)(C)C. The number of nitrogens with two attached hydrogens (primary N) is 1. The van der Waals surface area contributed by atoms with Gasteiger partial charge in [-0.3, -0.25) is 14.4 Å². The molecule has 0 radical (unpaired) electrons. The predicted molar refractivity (Wildman–Crippen MR) is 253 cm³/mol. The van der Waals surface area contributed by atoms with Gasteiger partial charge in [0.15, 0.2) is 0 Å². The number of benzene rings is 2. The van der Waals surface area contributed by atoms with Gasteiger partial charge in [-0.1, -0.05) is 68.1 Å². The summed E-state index contributed by atoms with van der Waals surface area (Å²) in [6, 6.07) is 10.4. The monoisotopic (exact) mass is 906 g/mol. The van der Waals surface area contributed by atoms with Gasteiger partial charge in [0.05, 0.1) is 0 Å². The fourth-order valence-electron chi connectivity index (χ4n) is 8.60. The molecule has 0 aliphatic heterocycles. The van der Waals surface area contributed by atoms with Gasteiger partial charge in [-0.15, -0.1) is 0 Å². The normalized spacial score (nSPS) is 18.9. The Labute approximate surface area is 387 Å². The molecule has 2 aliphatic rings. The van der Waals surface area contributed by atoms with Crippen LogP contribution in [0.5, 0.6) is 0 Å². The number of amides is 4. The molecule has 65 heavy (non-hydrogen) atoms. The first-order chi connectivity index (χ1) is 30.9. The zero-order valence-electron chi connectivity index (χ0n) is 40.1. The van der Waals surface area contributed by atoms with Crippen LogP contribution in [0.25, 0.3) is 10.8 Å². The lowest BCUT2D eigenvalue weighted by atomic mass is 9.81. The fourth-order valence-corrected chi connectivity index (χ4v) is 8.60. The van der Waals surface area contributed by atoms with Crippen molar-refractivity contribution in [2.45, 2.75) is 199 Å². The molecule has 2 saturated carbocycles. The number of nitrogens with one attached hydrogen (secondary N) is 4. The van der Waals surface area contributed by atoms with Crippen LogP contribution in [0.2, 0.25) is 0 Å². The molecule has 0 saturated heterocycles. The second-order valence-electron chi connectivity index (χ2n) is 20.2. The van der Waals surface area contributed by atoms with Crippen LogP contribution in [-0.4, -0.2) is 84.3 Å². The van der Waals surface area contributed by atoms with Gasteiger partial charge in [0.1, 0.15) is 35.4 Å². The Hall–Kier alpha value is -4.72. The molecule has 14 nitrogen and oxygen atoms in total. The van der Waals surface area contributed by atoms with E-state index in [1.165, 1.54) is 0 Å². The van der Waals surface area contributed by atoms with E-state index in [0.717, 1.165) is 93.4 Å². The lowest BCUT2D eigenvalue weighted by Crippen LogP contribution is -2.52. The van der Waals surface area contributed by atoms with E-state index < -0.39 is 53.3 Å².